The van der Waals surface area contributed by atoms with Crippen molar-refractivity contribution in [3.05, 3.63) is 33.9 Å². The molecule has 0 fully saturated rings. The molecule has 5 nitrogen and oxygen atoms in total. The largest absolute Gasteiger partial charge is 0.274 e. The van der Waals surface area contributed by atoms with Crippen LogP contribution in [0.3, 0.4) is 0 Å². The molecule has 0 saturated heterocycles. The van der Waals surface area contributed by atoms with Gasteiger partial charge < -0.3 is 0 Å². The van der Waals surface area contributed by atoms with Crippen LogP contribution in [-0.2, 0) is 0 Å². The second kappa shape index (κ2) is 3.75. The molecule has 13 heavy (non-hydrogen) atoms. The third-order valence-corrected chi connectivity index (χ3v) is 1.68. The summed E-state index contributed by atoms with van der Waals surface area (Å²) < 4.78 is 0. The second-order valence-electron chi connectivity index (χ2n) is 2.48. The first-order valence-corrected chi connectivity index (χ1v) is 3.70. The van der Waals surface area contributed by atoms with E-state index in [1.807, 2.05) is 0 Å². The summed E-state index contributed by atoms with van der Waals surface area (Å²) in [5.41, 5.74) is 1.15. The molecule has 0 aliphatic heterocycles. The molecule has 0 aliphatic carbocycles. The van der Waals surface area contributed by atoms with Crippen molar-refractivity contribution < 1.29 is 4.92 Å². The lowest BCUT2D eigenvalue weighted by atomic mass is 10.2. The fourth-order valence-corrected chi connectivity index (χ4v) is 1.03. The first-order chi connectivity index (χ1) is 6.16. The van der Waals surface area contributed by atoms with Crippen LogP contribution in [0.4, 0.5) is 11.4 Å². The quantitative estimate of drug-likeness (QED) is 0.397. The Kier molecular flexibility index (Phi) is 2.69. The van der Waals surface area contributed by atoms with Crippen molar-refractivity contribution in [1.82, 2.24) is 0 Å². The summed E-state index contributed by atoms with van der Waals surface area (Å²) in [5, 5.41) is 17.9. The minimum Gasteiger partial charge on any atom is -0.258 e. The van der Waals surface area contributed by atoms with E-state index in [9.17, 15) is 10.1 Å². The Morgan fingerprint density at radius 1 is 1.46 bits per heavy atom. The average Bonchev–Trinajstić information content (AvgIpc) is 2.08. The summed E-state index contributed by atoms with van der Waals surface area (Å²) in [6, 6.07) is 4.73. The molecule has 1 aromatic carbocycles. The van der Waals surface area contributed by atoms with Gasteiger partial charge in [-0.1, -0.05) is 6.07 Å². The standard InChI is InChI=1S/C8H9N3O2/c1-6-7(10-9-2)4-3-5-8(6)11(12)13/h3-5H,1-2H3. The van der Waals surface area contributed by atoms with Crippen LogP contribution < -0.4 is 0 Å². The third-order valence-electron chi connectivity index (χ3n) is 1.68. The Bertz CT molecular complexity index is 360. The Labute approximate surface area is 75.3 Å². The molecule has 0 aromatic heterocycles. The summed E-state index contributed by atoms with van der Waals surface area (Å²) in [7, 11) is 1.53. The predicted octanol–water partition coefficient (Wildman–Crippen LogP) is 2.62. The number of azo groups is 1. The maximum atomic E-state index is 10.5. The van der Waals surface area contributed by atoms with E-state index in [4.69, 9.17) is 0 Å². The zero-order chi connectivity index (χ0) is 9.84. The number of nitro groups is 1. The van der Waals surface area contributed by atoms with Crippen LogP contribution in [0.2, 0.25) is 0 Å². The zero-order valence-corrected chi connectivity index (χ0v) is 7.39. The van der Waals surface area contributed by atoms with Gasteiger partial charge in [-0.05, 0) is 13.0 Å². The van der Waals surface area contributed by atoms with E-state index in [1.54, 1.807) is 19.1 Å². The predicted molar refractivity (Wildman–Crippen MR) is 48.3 cm³/mol. The molecule has 0 heterocycles. The van der Waals surface area contributed by atoms with Crippen LogP contribution in [0, 0.1) is 17.0 Å². The summed E-state index contributed by atoms with van der Waals surface area (Å²) >= 11 is 0. The van der Waals surface area contributed by atoms with Crippen molar-refractivity contribution in [1.29, 1.82) is 0 Å². The highest BCUT2D eigenvalue weighted by Crippen LogP contribution is 2.27. The number of rotatable bonds is 2. The molecular weight excluding hydrogens is 170 g/mol. The Morgan fingerprint density at radius 2 is 2.15 bits per heavy atom. The fraction of sp³-hybridized carbons (Fsp3) is 0.250. The SMILES string of the molecule is CN=Nc1cccc([N+](=O)[O-])c1C. The molecule has 0 spiro atoms. The van der Waals surface area contributed by atoms with Gasteiger partial charge in [0.15, 0.2) is 0 Å². The van der Waals surface area contributed by atoms with Gasteiger partial charge in [-0.3, -0.25) is 10.1 Å². The van der Waals surface area contributed by atoms with Crippen molar-refractivity contribution in [3.63, 3.8) is 0 Å². The summed E-state index contributed by atoms with van der Waals surface area (Å²) in [4.78, 5) is 10.1. The lowest BCUT2D eigenvalue weighted by molar-refractivity contribution is -0.385. The average molecular weight is 179 g/mol. The molecule has 5 heteroatoms. The number of benzene rings is 1. The van der Waals surface area contributed by atoms with Crippen molar-refractivity contribution in [2.24, 2.45) is 10.2 Å². The van der Waals surface area contributed by atoms with Crippen molar-refractivity contribution in [2.45, 2.75) is 6.92 Å². The summed E-state index contributed by atoms with van der Waals surface area (Å²) in [6.45, 7) is 1.65. The second-order valence-corrected chi connectivity index (χ2v) is 2.48. The van der Waals surface area contributed by atoms with E-state index >= 15 is 0 Å². The molecule has 0 saturated carbocycles. The fourth-order valence-electron chi connectivity index (χ4n) is 1.03. The maximum absolute atomic E-state index is 10.5. The van der Waals surface area contributed by atoms with Crippen molar-refractivity contribution in [2.75, 3.05) is 7.05 Å². The molecule has 0 radical (unpaired) electrons. The van der Waals surface area contributed by atoms with Crippen LogP contribution in [0.15, 0.2) is 28.4 Å². The molecule has 0 atom stereocenters. The van der Waals surface area contributed by atoms with E-state index in [2.05, 4.69) is 10.2 Å². The van der Waals surface area contributed by atoms with Gasteiger partial charge in [-0.25, -0.2) is 0 Å². The van der Waals surface area contributed by atoms with Gasteiger partial charge in [0.05, 0.1) is 16.2 Å². The lowest BCUT2D eigenvalue weighted by Crippen LogP contribution is -1.90. The molecule has 1 aromatic rings. The highest BCUT2D eigenvalue weighted by Gasteiger charge is 2.12. The van der Waals surface area contributed by atoms with Gasteiger partial charge in [0.2, 0.25) is 0 Å². The molecule has 68 valence electrons. The first kappa shape index (κ1) is 9.31. The van der Waals surface area contributed by atoms with Crippen LogP contribution in [0.5, 0.6) is 0 Å². The molecular formula is C8H9N3O2. The van der Waals surface area contributed by atoms with E-state index in [0.717, 1.165) is 0 Å². The van der Waals surface area contributed by atoms with Gasteiger partial charge in [0.1, 0.15) is 0 Å². The number of nitrogens with zero attached hydrogens (tertiary/aromatic N) is 3. The molecule has 0 N–H and O–H groups in total. The first-order valence-electron chi connectivity index (χ1n) is 3.70. The van der Waals surface area contributed by atoms with E-state index in [-0.39, 0.29) is 5.69 Å². The van der Waals surface area contributed by atoms with Crippen LogP contribution in [0.25, 0.3) is 0 Å². The molecule has 0 aliphatic rings. The van der Waals surface area contributed by atoms with Crippen molar-refractivity contribution >= 4 is 11.4 Å². The monoisotopic (exact) mass is 179 g/mol. The Balaban J connectivity index is 3.26. The molecule has 0 amide bonds. The molecule has 1 rings (SSSR count). The van der Waals surface area contributed by atoms with Gasteiger partial charge >= 0.3 is 0 Å². The van der Waals surface area contributed by atoms with E-state index < -0.39 is 4.92 Å². The minimum atomic E-state index is -0.427. The molecule has 0 bridgehead atoms. The number of hydrogen-bond acceptors (Lipinski definition) is 4. The van der Waals surface area contributed by atoms with Crippen LogP contribution in [-0.4, -0.2) is 12.0 Å². The van der Waals surface area contributed by atoms with Crippen molar-refractivity contribution in [3.8, 4) is 0 Å². The highest BCUT2D eigenvalue weighted by molar-refractivity contribution is 5.55. The number of hydrogen-bond donors (Lipinski definition) is 0. The van der Waals surface area contributed by atoms with E-state index in [1.165, 1.54) is 13.1 Å². The highest BCUT2D eigenvalue weighted by atomic mass is 16.6. The summed E-state index contributed by atoms with van der Waals surface area (Å²) in [5.74, 6) is 0. The molecule has 0 unspecified atom stereocenters. The van der Waals surface area contributed by atoms with Gasteiger partial charge in [-0.2, -0.15) is 10.2 Å². The lowest BCUT2D eigenvalue weighted by Gasteiger charge is -1.98. The van der Waals surface area contributed by atoms with Crippen LogP contribution in [0.1, 0.15) is 5.56 Å². The van der Waals surface area contributed by atoms with Gasteiger partial charge in [-0.15, -0.1) is 0 Å². The zero-order valence-electron chi connectivity index (χ0n) is 7.39. The Morgan fingerprint density at radius 3 is 2.69 bits per heavy atom. The smallest absolute Gasteiger partial charge is 0.258 e. The maximum Gasteiger partial charge on any atom is 0.274 e. The topological polar surface area (TPSA) is 67.9 Å². The normalized spacial score (nSPS) is 10.6. The van der Waals surface area contributed by atoms with Crippen LogP contribution >= 0.6 is 0 Å². The van der Waals surface area contributed by atoms with Gasteiger partial charge in [0.25, 0.3) is 5.69 Å². The number of nitro benzene ring substituents is 1. The van der Waals surface area contributed by atoms with Gasteiger partial charge in [0, 0.05) is 13.1 Å². The third kappa shape index (κ3) is 1.87. The van der Waals surface area contributed by atoms with E-state index in [0.29, 0.717) is 11.3 Å². The summed E-state index contributed by atoms with van der Waals surface area (Å²) in [6.07, 6.45) is 0. The Hall–Kier alpha value is -1.78. The minimum absolute atomic E-state index is 0.0740.